The molecule has 1 aromatic rings. The van der Waals surface area contributed by atoms with E-state index in [9.17, 15) is 0 Å². The van der Waals surface area contributed by atoms with Crippen molar-refractivity contribution in [3.8, 4) is 0 Å². The monoisotopic (exact) mass is 388 g/mol. The standard InChI is InChI=1S/C27H50N/c1-4-7-8-9-10-11-12-13-14-15-16-17-18-19-22-28-24-26(20-5-2)23-27(25-28)21-6-3/h23-25H,4-22H2,1-3H3/q+1. The second kappa shape index (κ2) is 18.2. The molecule has 0 amide bonds. The highest BCUT2D eigenvalue weighted by molar-refractivity contribution is 5.15. The van der Waals surface area contributed by atoms with E-state index in [1.54, 1.807) is 0 Å². The lowest BCUT2D eigenvalue weighted by Crippen LogP contribution is -2.34. The van der Waals surface area contributed by atoms with Crippen molar-refractivity contribution in [3.05, 3.63) is 29.6 Å². The summed E-state index contributed by atoms with van der Waals surface area (Å²) in [5, 5.41) is 0. The number of hydrogen-bond donors (Lipinski definition) is 0. The molecule has 0 bridgehead atoms. The molecule has 0 saturated carbocycles. The first-order valence-corrected chi connectivity index (χ1v) is 12.8. The molecule has 1 heterocycles. The quantitative estimate of drug-likeness (QED) is 0.165. The summed E-state index contributed by atoms with van der Waals surface area (Å²) < 4.78 is 2.47. The molecule has 0 N–H and O–H groups in total. The molecule has 1 heteroatoms. The zero-order valence-electron chi connectivity index (χ0n) is 19.6. The van der Waals surface area contributed by atoms with Crippen LogP contribution in [0.4, 0.5) is 0 Å². The normalized spacial score (nSPS) is 11.2. The van der Waals surface area contributed by atoms with Crippen LogP contribution in [0, 0.1) is 0 Å². The number of unbranched alkanes of at least 4 members (excludes halogenated alkanes) is 13. The lowest BCUT2D eigenvalue weighted by atomic mass is 10.0. The van der Waals surface area contributed by atoms with E-state index in [2.05, 4.69) is 43.8 Å². The van der Waals surface area contributed by atoms with Gasteiger partial charge in [0.25, 0.3) is 0 Å². The summed E-state index contributed by atoms with van der Waals surface area (Å²) in [5.41, 5.74) is 3.05. The van der Waals surface area contributed by atoms with Crippen LogP contribution < -0.4 is 4.57 Å². The Morgan fingerprint density at radius 1 is 0.500 bits per heavy atom. The Morgan fingerprint density at radius 3 is 1.29 bits per heavy atom. The predicted molar refractivity (Wildman–Crippen MR) is 125 cm³/mol. The van der Waals surface area contributed by atoms with Crippen molar-refractivity contribution in [1.29, 1.82) is 0 Å². The fraction of sp³-hybridized carbons (Fsp3) is 0.815. The van der Waals surface area contributed by atoms with Gasteiger partial charge in [0.1, 0.15) is 6.54 Å². The van der Waals surface area contributed by atoms with Crippen molar-refractivity contribution < 1.29 is 4.57 Å². The van der Waals surface area contributed by atoms with Crippen molar-refractivity contribution in [2.24, 2.45) is 0 Å². The van der Waals surface area contributed by atoms with Crippen molar-refractivity contribution in [3.63, 3.8) is 0 Å². The third-order valence-electron chi connectivity index (χ3n) is 5.88. The molecule has 1 rings (SSSR count). The average Bonchev–Trinajstić information content (AvgIpc) is 2.69. The Bertz CT molecular complexity index is 441. The molecule has 162 valence electrons. The lowest BCUT2D eigenvalue weighted by molar-refractivity contribution is -0.698. The Kier molecular flexibility index (Phi) is 16.4. The van der Waals surface area contributed by atoms with E-state index in [1.165, 1.54) is 133 Å². The molecular formula is C27H50N+. The molecule has 0 radical (unpaired) electrons. The topological polar surface area (TPSA) is 3.88 Å². The van der Waals surface area contributed by atoms with Crippen LogP contribution in [0.15, 0.2) is 18.5 Å². The molecule has 0 saturated heterocycles. The first kappa shape index (κ1) is 25.2. The highest BCUT2D eigenvalue weighted by atomic mass is 14.9. The fourth-order valence-corrected chi connectivity index (χ4v) is 4.24. The van der Waals surface area contributed by atoms with Crippen LogP contribution in [-0.2, 0) is 19.4 Å². The van der Waals surface area contributed by atoms with Crippen molar-refractivity contribution >= 4 is 0 Å². The van der Waals surface area contributed by atoms with E-state index < -0.39 is 0 Å². The molecule has 0 atom stereocenters. The van der Waals surface area contributed by atoms with Gasteiger partial charge in [-0.1, -0.05) is 111 Å². The van der Waals surface area contributed by atoms with Crippen LogP contribution in [0.25, 0.3) is 0 Å². The molecule has 0 spiro atoms. The van der Waals surface area contributed by atoms with Gasteiger partial charge in [-0.2, -0.15) is 0 Å². The highest BCUT2D eigenvalue weighted by Crippen LogP contribution is 2.13. The molecular weight excluding hydrogens is 338 g/mol. The summed E-state index contributed by atoms with van der Waals surface area (Å²) >= 11 is 0. The lowest BCUT2D eigenvalue weighted by Gasteiger charge is -2.05. The Hall–Kier alpha value is -0.850. The zero-order valence-corrected chi connectivity index (χ0v) is 19.6. The predicted octanol–water partition coefficient (Wildman–Crippen LogP) is 8.36. The van der Waals surface area contributed by atoms with Crippen LogP contribution in [0.2, 0.25) is 0 Å². The van der Waals surface area contributed by atoms with E-state index in [0.717, 1.165) is 0 Å². The maximum atomic E-state index is 2.47. The van der Waals surface area contributed by atoms with E-state index >= 15 is 0 Å². The van der Waals surface area contributed by atoms with Gasteiger partial charge in [0.2, 0.25) is 0 Å². The number of nitrogens with zero attached hydrogens (tertiary/aromatic N) is 1. The summed E-state index contributed by atoms with van der Waals surface area (Å²) in [5.74, 6) is 0. The molecule has 0 aliphatic carbocycles. The van der Waals surface area contributed by atoms with Crippen molar-refractivity contribution in [2.75, 3.05) is 0 Å². The first-order chi connectivity index (χ1) is 13.8. The van der Waals surface area contributed by atoms with Crippen LogP contribution in [0.3, 0.4) is 0 Å². The van der Waals surface area contributed by atoms with Gasteiger partial charge in [0.15, 0.2) is 12.4 Å². The molecule has 1 nitrogen and oxygen atoms in total. The molecule has 0 aliphatic rings. The summed E-state index contributed by atoms with van der Waals surface area (Å²) in [6.45, 7) is 8.06. The summed E-state index contributed by atoms with van der Waals surface area (Å²) in [6.07, 6.45) is 29.8. The van der Waals surface area contributed by atoms with Gasteiger partial charge in [-0.15, -0.1) is 0 Å². The largest absolute Gasteiger partial charge is 0.205 e. The number of aromatic nitrogens is 1. The van der Waals surface area contributed by atoms with Crippen LogP contribution in [-0.4, -0.2) is 0 Å². The smallest absolute Gasteiger partial charge is 0.171 e. The van der Waals surface area contributed by atoms with Crippen LogP contribution in [0.1, 0.15) is 135 Å². The molecule has 0 aliphatic heterocycles. The van der Waals surface area contributed by atoms with E-state index in [-0.39, 0.29) is 0 Å². The molecule has 1 aromatic heterocycles. The van der Waals surface area contributed by atoms with Gasteiger partial charge in [0, 0.05) is 17.5 Å². The SMILES string of the molecule is CCCCCCCCCCCCCCCC[n+]1cc(CCC)cc(CCC)c1. The minimum Gasteiger partial charge on any atom is -0.205 e. The van der Waals surface area contributed by atoms with Gasteiger partial charge in [-0.3, -0.25) is 0 Å². The van der Waals surface area contributed by atoms with Crippen molar-refractivity contribution in [1.82, 2.24) is 0 Å². The second-order valence-electron chi connectivity index (χ2n) is 8.89. The fourth-order valence-electron chi connectivity index (χ4n) is 4.24. The minimum absolute atomic E-state index is 1.20. The Morgan fingerprint density at radius 2 is 0.893 bits per heavy atom. The van der Waals surface area contributed by atoms with Crippen molar-refractivity contribution in [2.45, 2.75) is 143 Å². The van der Waals surface area contributed by atoms with Gasteiger partial charge in [-0.25, -0.2) is 4.57 Å². The maximum Gasteiger partial charge on any atom is 0.171 e. The molecule has 0 unspecified atom stereocenters. The van der Waals surface area contributed by atoms with E-state index in [4.69, 9.17) is 0 Å². The van der Waals surface area contributed by atoms with Crippen LogP contribution >= 0.6 is 0 Å². The highest BCUT2D eigenvalue weighted by Gasteiger charge is 2.07. The van der Waals surface area contributed by atoms with E-state index in [0.29, 0.717) is 0 Å². The number of aryl methyl sites for hydroxylation is 3. The van der Waals surface area contributed by atoms with Gasteiger partial charge < -0.3 is 0 Å². The summed E-state index contributed by atoms with van der Waals surface area (Å²) in [6, 6.07) is 2.43. The Balaban J connectivity index is 2.02. The van der Waals surface area contributed by atoms with Gasteiger partial charge >= 0.3 is 0 Å². The number of pyridine rings is 1. The summed E-state index contributed by atoms with van der Waals surface area (Å²) in [7, 11) is 0. The van der Waals surface area contributed by atoms with Gasteiger partial charge in [-0.05, 0) is 25.3 Å². The molecule has 0 fully saturated rings. The zero-order chi connectivity index (χ0) is 20.3. The average molecular weight is 389 g/mol. The second-order valence-corrected chi connectivity index (χ2v) is 8.89. The third kappa shape index (κ3) is 13.3. The molecule has 0 aromatic carbocycles. The minimum atomic E-state index is 1.20. The van der Waals surface area contributed by atoms with E-state index in [1.807, 2.05) is 0 Å². The van der Waals surface area contributed by atoms with Gasteiger partial charge in [0.05, 0.1) is 0 Å². The molecule has 28 heavy (non-hydrogen) atoms. The number of hydrogen-bond acceptors (Lipinski definition) is 0. The first-order valence-electron chi connectivity index (χ1n) is 12.8. The third-order valence-corrected chi connectivity index (χ3v) is 5.88. The van der Waals surface area contributed by atoms with Crippen LogP contribution in [0.5, 0.6) is 0 Å². The number of rotatable bonds is 19. The Labute approximate surface area is 177 Å². The maximum absolute atomic E-state index is 2.47. The summed E-state index contributed by atoms with van der Waals surface area (Å²) in [4.78, 5) is 0.